The Bertz CT molecular complexity index is 808. The van der Waals surface area contributed by atoms with Crippen molar-refractivity contribution in [2.75, 3.05) is 13.1 Å². The minimum absolute atomic E-state index is 0.0586. The van der Waals surface area contributed by atoms with Crippen LogP contribution in [0.1, 0.15) is 11.1 Å². The molecule has 0 atom stereocenters. The lowest BCUT2D eigenvalue weighted by atomic mass is 10.1. The number of hydrogen-bond donors (Lipinski definition) is 2. The van der Waals surface area contributed by atoms with Crippen LogP contribution < -0.4 is 10.7 Å². The van der Waals surface area contributed by atoms with Crippen molar-refractivity contribution in [3.63, 3.8) is 0 Å². The Kier molecular flexibility index (Phi) is 4.65. The topological polar surface area (TPSA) is 131 Å². The SMILES string of the molecule is Cc1cc(=O)oc2c(CN(CC(=O)O)CC(=O)O)c([O-])ccc12. The number of carboxylic acids is 2. The minimum atomic E-state index is -1.23. The predicted molar refractivity (Wildman–Crippen MR) is 77.2 cm³/mol. The molecule has 1 heterocycles. The van der Waals surface area contributed by atoms with E-state index in [1.54, 1.807) is 6.92 Å². The van der Waals surface area contributed by atoms with Gasteiger partial charge in [0.2, 0.25) is 0 Å². The second-order valence-corrected chi connectivity index (χ2v) is 5.10. The maximum Gasteiger partial charge on any atom is 0.336 e. The van der Waals surface area contributed by atoms with Crippen LogP contribution in [0, 0.1) is 6.92 Å². The van der Waals surface area contributed by atoms with Gasteiger partial charge in [0.1, 0.15) is 5.58 Å². The quantitative estimate of drug-likeness (QED) is 0.719. The zero-order valence-corrected chi connectivity index (χ0v) is 12.2. The second-order valence-electron chi connectivity index (χ2n) is 5.10. The molecule has 0 saturated carbocycles. The molecule has 0 aliphatic carbocycles. The fourth-order valence-electron chi connectivity index (χ4n) is 2.35. The van der Waals surface area contributed by atoms with Gasteiger partial charge in [-0.15, -0.1) is 5.75 Å². The van der Waals surface area contributed by atoms with Gasteiger partial charge in [-0.2, -0.15) is 0 Å². The lowest BCUT2D eigenvalue weighted by Crippen LogP contribution is -2.34. The van der Waals surface area contributed by atoms with Crippen molar-refractivity contribution >= 4 is 22.9 Å². The summed E-state index contributed by atoms with van der Waals surface area (Å²) in [4.78, 5) is 34.3. The fraction of sp³-hybridized carbons (Fsp3) is 0.267. The summed E-state index contributed by atoms with van der Waals surface area (Å²) in [5.74, 6) is -2.90. The van der Waals surface area contributed by atoms with Crippen molar-refractivity contribution in [1.29, 1.82) is 0 Å². The van der Waals surface area contributed by atoms with Crippen molar-refractivity contribution in [3.8, 4) is 5.75 Å². The molecule has 0 unspecified atom stereocenters. The summed E-state index contributed by atoms with van der Waals surface area (Å²) in [6.07, 6.45) is 0. The monoisotopic (exact) mass is 320 g/mol. The van der Waals surface area contributed by atoms with Gasteiger partial charge < -0.3 is 19.7 Å². The van der Waals surface area contributed by atoms with Gasteiger partial charge in [-0.3, -0.25) is 14.5 Å². The number of carboxylic acid groups (broad SMARTS) is 2. The molecule has 0 aliphatic rings. The van der Waals surface area contributed by atoms with Crippen molar-refractivity contribution in [3.05, 3.63) is 39.7 Å². The van der Waals surface area contributed by atoms with E-state index in [1.165, 1.54) is 18.2 Å². The van der Waals surface area contributed by atoms with Crippen LogP contribution in [-0.4, -0.2) is 40.1 Å². The average molecular weight is 320 g/mol. The molecule has 0 spiro atoms. The van der Waals surface area contributed by atoms with Crippen molar-refractivity contribution in [1.82, 2.24) is 4.90 Å². The molecule has 8 heteroatoms. The second kappa shape index (κ2) is 6.49. The largest absolute Gasteiger partial charge is 0.872 e. The maximum atomic E-state index is 12.1. The molecule has 1 aromatic carbocycles. The van der Waals surface area contributed by atoms with Crippen LogP contribution in [0.15, 0.2) is 27.4 Å². The minimum Gasteiger partial charge on any atom is -0.872 e. The summed E-state index contributed by atoms with van der Waals surface area (Å²) < 4.78 is 5.09. The summed E-state index contributed by atoms with van der Waals surface area (Å²) >= 11 is 0. The Hall–Kier alpha value is -2.87. The van der Waals surface area contributed by atoms with Crippen LogP contribution in [0.5, 0.6) is 5.75 Å². The molecular formula is C15H14NO7-. The Balaban J connectivity index is 2.52. The van der Waals surface area contributed by atoms with Crippen LogP contribution in [-0.2, 0) is 16.1 Å². The van der Waals surface area contributed by atoms with Gasteiger partial charge in [-0.25, -0.2) is 4.79 Å². The van der Waals surface area contributed by atoms with Crippen LogP contribution >= 0.6 is 0 Å². The molecule has 2 N–H and O–H groups in total. The zero-order chi connectivity index (χ0) is 17.1. The molecule has 8 nitrogen and oxygen atoms in total. The third-order valence-corrected chi connectivity index (χ3v) is 3.28. The molecule has 23 heavy (non-hydrogen) atoms. The van der Waals surface area contributed by atoms with Gasteiger partial charge >= 0.3 is 17.6 Å². The van der Waals surface area contributed by atoms with Crippen LogP contribution in [0.3, 0.4) is 0 Å². The number of aryl methyl sites for hydroxylation is 1. The zero-order valence-electron chi connectivity index (χ0n) is 12.2. The number of rotatable bonds is 6. The molecule has 2 aromatic rings. The number of fused-ring (bicyclic) bond motifs is 1. The summed E-state index contributed by atoms with van der Waals surface area (Å²) in [6, 6.07) is 4.07. The van der Waals surface area contributed by atoms with Gasteiger partial charge in [-0.1, -0.05) is 12.1 Å². The summed E-state index contributed by atoms with van der Waals surface area (Å²) in [7, 11) is 0. The molecule has 0 fully saturated rings. The average Bonchev–Trinajstić information content (AvgIpc) is 2.40. The number of benzene rings is 1. The summed E-state index contributed by atoms with van der Waals surface area (Å²) in [5, 5.41) is 30.3. The van der Waals surface area contributed by atoms with Crippen LogP contribution in [0.25, 0.3) is 11.0 Å². The van der Waals surface area contributed by atoms with Gasteiger partial charge in [-0.05, 0) is 12.5 Å². The highest BCUT2D eigenvalue weighted by molar-refractivity contribution is 5.84. The van der Waals surface area contributed by atoms with Crippen molar-refractivity contribution < 1.29 is 29.3 Å². The molecular weight excluding hydrogens is 306 g/mol. The number of hydrogen-bond acceptors (Lipinski definition) is 6. The van der Waals surface area contributed by atoms with E-state index in [4.69, 9.17) is 14.6 Å². The summed E-state index contributed by atoms with van der Waals surface area (Å²) in [6.45, 7) is 0.317. The number of carbonyl (C=O) groups is 2. The van der Waals surface area contributed by atoms with E-state index in [0.717, 1.165) is 4.90 Å². The highest BCUT2D eigenvalue weighted by Crippen LogP contribution is 2.27. The maximum absolute atomic E-state index is 12.1. The molecule has 0 amide bonds. The van der Waals surface area contributed by atoms with Gasteiger partial charge in [0.15, 0.2) is 0 Å². The van der Waals surface area contributed by atoms with E-state index in [1.807, 2.05) is 0 Å². The third-order valence-electron chi connectivity index (χ3n) is 3.28. The van der Waals surface area contributed by atoms with E-state index in [2.05, 4.69) is 0 Å². The van der Waals surface area contributed by atoms with E-state index >= 15 is 0 Å². The Morgan fingerprint density at radius 1 is 1.22 bits per heavy atom. The molecule has 0 bridgehead atoms. The molecule has 0 aliphatic heterocycles. The van der Waals surface area contributed by atoms with Crippen molar-refractivity contribution in [2.45, 2.75) is 13.5 Å². The van der Waals surface area contributed by atoms with Gasteiger partial charge in [0.05, 0.1) is 13.1 Å². The van der Waals surface area contributed by atoms with E-state index in [9.17, 15) is 19.5 Å². The standard InChI is InChI=1S/C15H15NO7/c1-8-4-14(22)23-15-9(8)2-3-11(17)10(15)5-16(6-12(18)19)7-13(20)21/h2-4,17H,5-7H2,1H3,(H,18,19)(H,20,21)/p-1. The first-order chi connectivity index (χ1) is 10.8. The Labute approximate surface area is 130 Å². The lowest BCUT2D eigenvalue weighted by molar-refractivity contribution is -0.269. The van der Waals surface area contributed by atoms with Crippen LogP contribution in [0.4, 0.5) is 0 Å². The molecule has 0 saturated heterocycles. The van der Waals surface area contributed by atoms with Crippen LogP contribution in [0.2, 0.25) is 0 Å². The normalized spacial score (nSPS) is 11.0. The molecule has 0 radical (unpaired) electrons. The van der Waals surface area contributed by atoms with E-state index in [-0.39, 0.29) is 17.7 Å². The first-order valence-electron chi connectivity index (χ1n) is 6.67. The first-order valence-corrected chi connectivity index (χ1v) is 6.67. The number of nitrogens with zero attached hydrogens (tertiary/aromatic N) is 1. The van der Waals surface area contributed by atoms with Gasteiger partial charge in [0.25, 0.3) is 0 Å². The first kappa shape index (κ1) is 16.5. The van der Waals surface area contributed by atoms with Gasteiger partial charge in [0, 0.05) is 23.6 Å². The predicted octanol–water partition coefficient (Wildman–Crippen LogP) is 0.146. The number of aliphatic carboxylic acids is 2. The van der Waals surface area contributed by atoms with Crippen molar-refractivity contribution in [2.24, 2.45) is 0 Å². The highest BCUT2D eigenvalue weighted by Gasteiger charge is 2.17. The smallest absolute Gasteiger partial charge is 0.336 e. The third kappa shape index (κ3) is 3.86. The lowest BCUT2D eigenvalue weighted by Gasteiger charge is -2.22. The van der Waals surface area contributed by atoms with E-state index in [0.29, 0.717) is 10.9 Å². The molecule has 2 rings (SSSR count). The van der Waals surface area contributed by atoms with E-state index < -0.39 is 36.4 Å². The summed E-state index contributed by atoms with van der Waals surface area (Å²) in [5.41, 5.74) is 0.0967. The fourth-order valence-corrected chi connectivity index (χ4v) is 2.35. The Morgan fingerprint density at radius 3 is 2.39 bits per heavy atom. The highest BCUT2D eigenvalue weighted by atomic mass is 16.4. The molecule has 122 valence electrons. The molecule has 1 aromatic heterocycles. The Morgan fingerprint density at radius 2 is 1.83 bits per heavy atom.